The summed E-state index contributed by atoms with van der Waals surface area (Å²) in [6, 6.07) is 11.5. The van der Waals surface area contributed by atoms with Crippen molar-refractivity contribution in [3.05, 3.63) is 58.9 Å². The van der Waals surface area contributed by atoms with Gasteiger partial charge in [-0.2, -0.15) is 0 Å². The van der Waals surface area contributed by atoms with Crippen molar-refractivity contribution in [2.75, 3.05) is 4.90 Å². The van der Waals surface area contributed by atoms with Gasteiger partial charge in [0.2, 0.25) is 0 Å². The summed E-state index contributed by atoms with van der Waals surface area (Å²) >= 11 is 5.95. The number of hydrogen-bond donors (Lipinski definition) is 0. The number of halogens is 2. The molecule has 1 unspecified atom stereocenters. The maximum Gasteiger partial charge on any atom is 0.268 e. The fourth-order valence-electron chi connectivity index (χ4n) is 2.34. The Kier molecular flexibility index (Phi) is 3.55. The first-order valence-electron chi connectivity index (χ1n) is 6.57. The quantitative estimate of drug-likeness (QED) is 0.845. The van der Waals surface area contributed by atoms with E-state index in [-0.39, 0.29) is 18.3 Å². The van der Waals surface area contributed by atoms with Gasteiger partial charge in [0.05, 0.1) is 12.2 Å². The minimum Gasteiger partial charge on any atom is -0.479 e. The second-order valence-electron chi connectivity index (χ2n) is 4.89. The number of nitrogens with zero attached hydrogens (tertiary/aromatic N) is 1. The molecule has 21 heavy (non-hydrogen) atoms. The van der Waals surface area contributed by atoms with Gasteiger partial charge in [0.15, 0.2) is 6.10 Å². The lowest BCUT2D eigenvalue weighted by Gasteiger charge is -2.33. The van der Waals surface area contributed by atoms with Gasteiger partial charge < -0.3 is 9.64 Å². The summed E-state index contributed by atoms with van der Waals surface area (Å²) in [4.78, 5) is 13.9. The number of fused-ring (bicyclic) bond motifs is 1. The second kappa shape index (κ2) is 5.37. The summed E-state index contributed by atoms with van der Waals surface area (Å²) in [5, 5.41) is 0.529. The van der Waals surface area contributed by atoms with Gasteiger partial charge in [-0.1, -0.05) is 29.8 Å². The molecule has 3 nitrogen and oxygen atoms in total. The predicted molar refractivity (Wildman–Crippen MR) is 79.1 cm³/mol. The van der Waals surface area contributed by atoms with Crippen molar-refractivity contribution < 1.29 is 13.9 Å². The highest BCUT2D eigenvalue weighted by Crippen LogP contribution is 2.37. The van der Waals surface area contributed by atoms with Gasteiger partial charge in [0.1, 0.15) is 11.6 Å². The highest BCUT2D eigenvalue weighted by atomic mass is 35.5. The molecule has 1 aliphatic heterocycles. The summed E-state index contributed by atoms with van der Waals surface area (Å²) < 4.78 is 19.4. The molecular weight excluding hydrogens is 293 g/mol. The van der Waals surface area contributed by atoms with Crippen LogP contribution in [0, 0.1) is 5.82 Å². The van der Waals surface area contributed by atoms with E-state index in [1.165, 1.54) is 11.0 Å². The minimum atomic E-state index is -0.622. The molecule has 0 saturated carbocycles. The summed E-state index contributed by atoms with van der Waals surface area (Å²) in [6.07, 6.45) is -0.622. The highest BCUT2D eigenvalue weighted by Gasteiger charge is 2.32. The van der Waals surface area contributed by atoms with Crippen molar-refractivity contribution in [2.45, 2.75) is 19.6 Å². The Morgan fingerprint density at radius 3 is 2.81 bits per heavy atom. The van der Waals surface area contributed by atoms with Crippen LogP contribution in [0.5, 0.6) is 5.75 Å². The molecule has 0 bridgehead atoms. The first-order chi connectivity index (χ1) is 10.1. The lowest BCUT2D eigenvalue weighted by atomic mass is 10.1. The standard InChI is InChI=1S/C16H13ClFNO2/c1-10-16(20)19(9-11-4-2-3-5-13(11)18)14-7-6-12(17)8-15(14)21-10/h2-8,10H,9H2,1H3. The zero-order chi connectivity index (χ0) is 15.0. The lowest BCUT2D eigenvalue weighted by Crippen LogP contribution is -2.44. The normalized spacial score (nSPS) is 17.4. The Morgan fingerprint density at radius 1 is 1.29 bits per heavy atom. The first-order valence-corrected chi connectivity index (χ1v) is 6.95. The SMILES string of the molecule is CC1Oc2cc(Cl)ccc2N(Cc2ccccc2F)C1=O. The van der Waals surface area contributed by atoms with Crippen LogP contribution in [0.3, 0.4) is 0 Å². The number of ether oxygens (including phenoxy) is 1. The van der Waals surface area contributed by atoms with Gasteiger partial charge in [-0.15, -0.1) is 0 Å². The zero-order valence-electron chi connectivity index (χ0n) is 11.3. The number of benzene rings is 2. The van der Waals surface area contributed by atoms with Crippen LogP contribution in [0.15, 0.2) is 42.5 Å². The molecule has 2 aromatic rings. The van der Waals surface area contributed by atoms with Gasteiger partial charge >= 0.3 is 0 Å². The van der Waals surface area contributed by atoms with Gasteiger partial charge in [0.25, 0.3) is 5.91 Å². The van der Waals surface area contributed by atoms with E-state index >= 15 is 0 Å². The summed E-state index contributed by atoms with van der Waals surface area (Å²) in [5.74, 6) is -0.000951. The molecule has 0 aliphatic carbocycles. The first kappa shape index (κ1) is 13.9. The molecule has 2 aromatic carbocycles. The number of rotatable bonds is 2. The molecule has 0 aromatic heterocycles. The fraction of sp³-hybridized carbons (Fsp3) is 0.188. The third-order valence-electron chi connectivity index (χ3n) is 3.42. The van der Waals surface area contributed by atoms with E-state index in [0.29, 0.717) is 22.0 Å². The molecule has 108 valence electrons. The van der Waals surface area contributed by atoms with Crippen LogP contribution in [-0.4, -0.2) is 12.0 Å². The van der Waals surface area contributed by atoms with Crippen molar-refractivity contribution in [3.8, 4) is 5.75 Å². The van der Waals surface area contributed by atoms with E-state index in [0.717, 1.165) is 0 Å². The number of hydrogen-bond acceptors (Lipinski definition) is 2. The number of amides is 1. The Hall–Kier alpha value is -2.07. The minimum absolute atomic E-state index is 0.161. The zero-order valence-corrected chi connectivity index (χ0v) is 12.1. The molecule has 0 N–H and O–H groups in total. The fourth-order valence-corrected chi connectivity index (χ4v) is 2.51. The van der Waals surface area contributed by atoms with Gasteiger partial charge in [-0.3, -0.25) is 4.79 Å². The average Bonchev–Trinajstić information content (AvgIpc) is 2.45. The van der Waals surface area contributed by atoms with Gasteiger partial charge in [-0.05, 0) is 25.1 Å². The van der Waals surface area contributed by atoms with Gasteiger partial charge in [-0.25, -0.2) is 4.39 Å². The number of carbonyl (C=O) groups is 1. The van der Waals surface area contributed by atoms with E-state index in [9.17, 15) is 9.18 Å². The highest BCUT2D eigenvalue weighted by molar-refractivity contribution is 6.30. The van der Waals surface area contributed by atoms with Gasteiger partial charge in [0, 0.05) is 16.7 Å². The Morgan fingerprint density at radius 2 is 2.05 bits per heavy atom. The molecule has 1 amide bonds. The molecule has 0 saturated heterocycles. The molecule has 1 atom stereocenters. The van der Waals surface area contributed by atoms with Crippen LogP contribution in [0.4, 0.5) is 10.1 Å². The molecule has 0 spiro atoms. The third-order valence-corrected chi connectivity index (χ3v) is 3.65. The maximum absolute atomic E-state index is 13.8. The van der Waals surface area contributed by atoms with Crippen LogP contribution in [0.2, 0.25) is 5.02 Å². The van der Waals surface area contributed by atoms with E-state index in [1.807, 2.05) is 0 Å². The van der Waals surface area contributed by atoms with Crippen molar-refractivity contribution in [2.24, 2.45) is 0 Å². The summed E-state index contributed by atoms with van der Waals surface area (Å²) in [5.41, 5.74) is 1.06. The molecule has 3 rings (SSSR count). The molecule has 0 radical (unpaired) electrons. The van der Waals surface area contributed by atoms with E-state index in [4.69, 9.17) is 16.3 Å². The van der Waals surface area contributed by atoms with E-state index in [1.54, 1.807) is 43.3 Å². The molecule has 5 heteroatoms. The van der Waals surface area contributed by atoms with Crippen LogP contribution in [-0.2, 0) is 11.3 Å². The largest absolute Gasteiger partial charge is 0.479 e. The number of anilines is 1. The molecule has 1 aliphatic rings. The predicted octanol–water partition coefficient (Wildman–Crippen LogP) is 3.79. The Bertz CT molecular complexity index is 704. The third kappa shape index (κ3) is 2.59. The van der Waals surface area contributed by atoms with Crippen molar-refractivity contribution in [1.29, 1.82) is 0 Å². The summed E-state index contributed by atoms with van der Waals surface area (Å²) in [6.45, 7) is 1.83. The number of carbonyl (C=O) groups excluding carboxylic acids is 1. The van der Waals surface area contributed by atoms with Crippen molar-refractivity contribution >= 4 is 23.2 Å². The van der Waals surface area contributed by atoms with E-state index in [2.05, 4.69) is 0 Å². The molecule has 1 heterocycles. The van der Waals surface area contributed by atoms with Crippen molar-refractivity contribution in [1.82, 2.24) is 0 Å². The monoisotopic (exact) mass is 305 g/mol. The smallest absolute Gasteiger partial charge is 0.268 e. The van der Waals surface area contributed by atoms with Crippen molar-refractivity contribution in [3.63, 3.8) is 0 Å². The second-order valence-corrected chi connectivity index (χ2v) is 5.32. The van der Waals surface area contributed by atoms with E-state index < -0.39 is 6.10 Å². The van der Waals surface area contributed by atoms with Crippen LogP contribution < -0.4 is 9.64 Å². The summed E-state index contributed by atoms with van der Waals surface area (Å²) in [7, 11) is 0. The van der Waals surface area contributed by atoms with Crippen LogP contribution in [0.1, 0.15) is 12.5 Å². The molecule has 0 fully saturated rings. The maximum atomic E-state index is 13.8. The Labute approximate surface area is 126 Å². The topological polar surface area (TPSA) is 29.5 Å². The lowest BCUT2D eigenvalue weighted by molar-refractivity contribution is -0.125. The average molecular weight is 306 g/mol. The Balaban J connectivity index is 2.01. The molecular formula is C16H13ClFNO2. The van der Waals surface area contributed by atoms with Crippen LogP contribution in [0.25, 0.3) is 0 Å². The van der Waals surface area contributed by atoms with Crippen LogP contribution >= 0.6 is 11.6 Å².